The maximum absolute atomic E-state index is 10.4. The molecule has 0 unspecified atom stereocenters. The highest BCUT2D eigenvalue weighted by molar-refractivity contribution is 5.85. The van der Waals surface area contributed by atoms with Crippen LogP contribution < -0.4 is 0 Å². The van der Waals surface area contributed by atoms with Crippen molar-refractivity contribution >= 4 is 11.9 Å². The third-order valence-electron chi connectivity index (χ3n) is 1.49. The van der Waals surface area contributed by atoms with Crippen molar-refractivity contribution in [2.24, 2.45) is 0 Å². The number of aryl methyl sites for hydroxylation is 1. The van der Waals surface area contributed by atoms with Crippen molar-refractivity contribution in [2.75, 3.05) is 0 Å². The lowest BCUT2D eigenvalue weighted by molar-refractivity contribution is -0.137. The minimum Gasteiger partial charge on any atom is -0.480 e. The maximum Gasteiger partial charge on any atom is 0.356 e. The second kappa shape index (κ2) is 3.26. The van der Waals surface area contributed by atoms with E-state index in [1.54, 1.807) is 6.92 Å². The molecule has 1 rings (SSSR count). The lowest BCUT2D eigenvalue weighted by Crippen LogP contribution is -2.12. The molecule has 0 atom stereocenters. The van der Waals surface area contributed by atoms with Crippen LogP contribution in [0.2, 0.25) is 0 Å². The number of hydrogen-bond donors (Lipinski definition) is 2. The Kier molecular flexibility index (Phi) is 2.32. The first-order valence-corrected chi connectivity index (χ1v) is 3.50. The van der Waals surface area contributed by atoms with Crippen molar-refractivity contribution in [3.63, 3.8) is 0 Å². The number of carbonyl (C=O) groups is 2. The Morgan fingerprint density at radius 3 is 2.54 bits per heavy atom. The molecule has 13 heavy (non-hydrogen) atoms. The standard InChI is InChI=1S/C7H8N2O4/c1-4-2-5(7(12)13)8-9(4)3-6(10)11/h2H,3H2,1H3,(H,10,11)(H,12,13). The van der Waals surface area contributed by atoms with Crippen molar-refractivity contribution in [3.8, 4) is 0 Å². The first kappa shape index (κ1) is 9.24. The van der Waals surface area contributed by atoms with E-state index in [-0.39, 0.29) is 12.2 Å². The second-order valence-electron chi connectivity index (χ2n) is 2.53. The van der Waals surface area contributed by atoms with E-state index in [1.807, 2.05) is 0 Å². The smallest absolute Gasteiger partial charge is 0.356 e. The molecule has 0 saturated heterocycles. The molecule has 0 aliphatic carbocycles. The van der Waals surface area contributed by atoms with E-state index < -0.39 is 11.9 Å². The third kappa shape index (κ3) is 2.05. The van der Waals surface area contributed by atoms with Crippen LogP contribution in [0.15, 0.2) is 6.07 Å². The highest BCUT2D eigenvalue weighted by Gasteiger charge is 2.11. The Balaban J connectivity index is 2.96. The van der Waals surface area contributed by atoms with E-state index in [0.717, 1.165) is 4.68 Å². The number of carboxylic acids is 2. The normalized spacial score (nSPS) is 9.92. The topological polar surface area (TPSA) is 92.4 Å². The molecule has 0 bridgehead atoms. The van der Waals surface area contributed by atoms with E-state index in [1.165, 1.54) is 6.07 Å². The van der Waals surface area contributed by atoms with Gasteiger partial charge in [-0.25, -0.2) is 4.79 Å². The summed E-state index contributed by atoms with van der Waals surface area (Å²) >= 11 is 0. The molecule has 0 spiro atoms. The van der Waals surface area contributed by atoms with Gasteiger partial charge in [0, 0.05) is 5.69 Å². The lowest BCUT2D eigenvalue weighted by atomic mass is 10.4. The molecule has 0 saturated carbocycles. The van der Waals surface area contributed by atoms with Gasteiger partial charge < -0.3 is 10.2 Å². The summed E-state index contributed by atoms with van der Waals surface area (Å²) in [5.41, 5.74) is 0.374. The van der Waals surface area contributed by atoms with Gasteiger partial charge in [0.2, 0.25) is 0 Å². The van der Waals surface area contributed by atoms with Gasteiger partial charge in [-0.3, -0.25) is 9.48 Å². The van der Waals surface area contributed by atoms with Gasteiger partial charge in [0.15, 0.2) is 5.69 Å². The molecule has 1 heterocycles. The second-order valence-corrected chi connectivity index (χ2v) is 2.53. The lowest BCUT2D eigenvalue weighted by Gasteiger charge is -1.97. The fraction of sp³-hybridized carbons (Fsp3) is 0.286. The summed E-state index contributed by atoms with van der Waals surface area (Å²) < 4.78 is 1.13. The maximum atomic E-state index is 10.4. The van der Waals surface area contributed by atoms with Crippen LogP contribution in [0.4, 0.5) is 0 Å². The van der Waals surface area contributed by atoms with Gasteiger partial charge >= 0.3 is 11.9 Å². The fourth-order valence-electron chi connectivity index (χ4n) is 0.903. The molecular weight excluding hydrogens is 176 g/mol. The van der Waals surface area contributed by atoms with Crippen molar-refractivity contribution in [3.05, 3.63) is 17.5 Å². The summed E-state index contributed by atoms with van der Waals surface area (Å²) in [7, 11) is 0. The number of carboxylic acid groups (broad SMARTS) is 2. The summed E-state index contributed by atoms with van der Waals surface area (Å²) in [6.07, 6.45) is 0. The zero-order valence-corrected chi connectivity index (χ0v) is 6.89. The summed E-state index contributed by atoms with van der Waals surface area (Å²) in [4.78, 5) is 20.7. The SMILES string of the molecule is Cc1cc(C(=O)O)nn1CC(=O)O. The molecular formula is C7H8N2O4. The van der Waals surface area contributed by atoms with Crippen LogP contribution in [0.1, 0.15) is 16.2 Å². The van der Waals surface area contributed by atoms with Crippen LogP contribution >= 0.6 is 0 Å². The summed E-state index contributed by atoms with van der Waals surface area (Å²) in [6.45, 7) is 1.28. The van der Waals surface area contributed by atoms with Gasteiger partial charge in [-0.2, -0.15) is 5.10 Å². The van der Waals surface area contributed by atoms with Crippen LogP contribution in [-0.2, 0) is 11.3 Å². The Bertz CT molecular complexity index is 355. The molecule has 0 fully saturated rings. The molecule has 70 valence electrons. The number of aromatic carboxylic acids is 1. The Morgan fingerprint density at radius 1 is 1.54 bits per heavy atom. The molecule has 1 aromatic rings. The minimum absolute atomic E-state index is 0.140. The first-order chi connectivity index (χ1) is 6.00. The molecule has 0 aliphatic rings. The van der Waals surface area contributed by atoms with Crippen molar-refractivity contribution in [1.29, 1.82) is 0 Å². The Hall–Kier alpha value is -1.85. The van der Waals surface area contributed by atoms with Crippen LogP contribution in [-0.4, -0.2) is 31.9 Å². The van der Waals surface area contributed by atoms with Gasteiger partial charge in [0.25, 0.3) is 0 Å². The molecule has 0 amide bonds. The predicted molar refractivity (Wildman–Crippen MR) is 41.6 cm³/mol. The van der Waals surface area contributed by atoms with E-state index in [0.29, 0.717) is 5.69 Å². The molecule has 1 aromatic heterocycles. The Morgan fingerprint density at radius 2 is 2.15 bits per heavy atom. The summed E-state index contributed by atoms with van der Waals surface area (Å²) in [5, 5.41) is 20.6. The van der Waals surface area contributed by atoms with Crippen molar-refractivity contribution in [2.45, 2.75) is 13.5 Å². The Labute approximate surface area is 73.4 Å². The monoisotopic (exact) mass is 184 g/mol. The van der Waals surface area contributed by atoms with Gasteiger partial charge in [-0.15, -0.1) is 0 Å². The summed E-state index contributed by atoms with van der Waals surface area (Å²) in [5.74, 6) is -2.21. The van der Waals surface area contributed by atoms with Crippen LogP contribution in [0.3, 0.4) is 0 Å². The number of aromatic nitrogens is 2. The average molecular weight is 184 g/mol. The number of hydrogen-bond acceptors (Lipinski definition) is 3. The van der Waals surface area contributed by atoms with E-state index in [2.05, 4.69) is 5.10 Å². The molecule has 2 N–H and O–H groups in total. The molecule has 0 aromatic carbocycles. The largest absolute Gasteiger partial charge is 0.480 e. The van der Waals surface area contributed by atoms with Gasteiger partial charge in [0.1, 0.15) is 6.54 Å². The van der Waals surface area contributed by atoms with Crippen LogP contribution in [0.5, 0.6) is 0 Å². The first-order valence-electron chi connectivity index (χ1n) is 3.50. The molecule has 6 heteroatoms. The fourth-order valence-corrected chi connectivity index (χ4v) is 0.903. The number of rotatable bonds is 3. The predicted octanol–water partition coefficient (Wildman–Crippen LogP) is -0.0257. The molecule has 0 aliphatic heterocycles. The minimum atomic E-state index is -1.16. The quantitative estimate of drug-likeness (QED) is 0.688. The van der Waals surface area contributed by atoms with Gasteiger partial charge in [-0.05, 0) is 13.0 Å². The average Bonchev–Trinajstić information content (AvgIpc) is 2.31. The van der Waals surface area contributed by atoms with Crippen LogP contribution in [0, 0.1) is 6.92 Å². The van der Waals surface area contributed by atoms with Crippen molar-refractivity contribution < 1.29 is 19.8 Å². The zero-order chi connectivity index (χ0) is 10.0. The van der Waals surface area contributed by atoms with Crippen molar-refractivity contribution in [1.82, 2.24) is 9.78 Å². The van der Waals surface area contributed by atoms with Crippen LogP contribution in [0.25, 0.3) is 0 Å². The zero-order valence-electron chi connectivity index (χ0n) is 6.89. The third-order valence-corrected chi connectivity index (χ3v) is 1.49. The highest BCUT2D eigenvalue weighted by Crippen LogP contribution is 2.02. The summed E-state index contributed by atoms with van der Waals surface area (Å²) in [6, 6.07) is 1.32. The van der Waals surface area contributed by atoms with Gasteiger partial charge in [0.05, 0.1) is 0 Å². The van der Waals surface area contributed by atoms with E-state index in [9.17, 15) is 9.59 Å². The van der Waals surface area contributed by atoms with Gasteiger partial charge in [-0.1, -0.05) is 0 Å². The molecule has 6 nitrogen and oxygen atoms in total. The highest BCUT2D eigenvalue weighted by atomic mass is 16.4. The number of nitrogens with zero attached hydrogens (tertiary/aromatic N) is 2. The van der Waals surface area contributed by atoms with E-state index >= 15 is 0 Å². The number of aliphatic carboxylic acids is 1. The van der Waals surface area contributed by atoms with E-state index in [4.69, 9.17) is 10.2 Å². The molecule has 0 radical (unpaired) electrons.